The van der Waals surface area contributed by atoms with Gasteiger partial charge in [-0.2, -0.15) is 8.42 Å². The molecule has 0 saturated carbocycles. The Morgan fingerprint density at radius 3 is 2.40 bits per heavy atom. The van der Waals surface area contributed by atoms with Gasteiger partial charge in [0, 0.05) is 5.75 Å². The van der Waals surface area contributed by atoms with Crippen LogP contribution in [0.4, 0.5) is 0 Å². The zero-order chi connectivity index (χ0) is 8.04. The predicted octanol–water partition coefficient (Wildman–Crippen LogP) is 1.71. The third kappa shape index (κ3) is 8.26. The maximum Gasteiger partial charge on any atom is 0.319 e. The second kappa shape index (κ2) is 4.98. The van der Waals surface area contributed by atoms with Gasteiger partial charge in [-0.1, -0.05) is 19.8 Å². The van der Waals surface area contributed by atoms with Crippen LogP contribution in [0.15, 0.2) is 0 Å². The summed E-state index contributed by atoms with van der Waals surface area (Å²) in [6.07, 6.45) is 2.93. The largest absolute Gasteiger partial charge is 0.319 e. The van der Waals surface area contributed by atoms with Crippen LogP contribution in [0.2, 0.25) is 0 Å². The van der Waals surface area contributed by atoms with Crippen LogP contribution >= 0.6 is 10.8 Å². The summed E-state index contributed by atoms with van der Waals surface area (Å²) in [5.74, 6) is 0.493. The molecular formula is C5H12O3S2. The molecule has 10 heavy (non-hydrogen) atoms. The van der Waals surface area contributed by atoms with E-state index in [1.54, 1.807) is 0 Å². The highest BCUT2D eigenvalue weighted by Crippen LogP contribution is 2.11. The van der Waals surface area contributed by atoms with Crippen molar-refractivity contribution in [2.24, 2.45) is 0 Å². The number of hydrogen-bond acceptors (Lipinski definition) is 3. The first kappa shape index (κ1) is 10.3. The van der Waals surface area contributed by atoms with E-state index >= 15 is 0 Å². The van der Waals surface area contributed by atoms with Crippen molar-refractivity contribution in [3.05, 3.63) is 0 Å². The zero-order valence-corrected chi connectivity index (χ0v) is 7.54. The standard InChI is InChI=1S/C5H12O3S2/c1-2-3-4-5-9-10(6,7)8/h2-5H2,1H3,(H,6,7,8). The van der Waals surface area contributed by atoms with Crippen molar-refractivity contribution in [2.75, 3.05) is 5.75 Å². The molecule has 0 saturated heterocycles. The van der Waals surface area contributed by atoms with Crippen molar-refractivity contribution in [1.82, 2.24) is 0 Å². The Morgan fingerprint density at radius 1 is 1.40 bits per heavy atom. The van der Waals surface area contributed by atoms with E-state index in [2.05, 4.69) is 0 Å². The van der Waals surface area contributed by atoms with Gasteiger partial charge in [0.1, 0.15) is 0 Å². The van der Waals surface area contributed by atoms with Gasteiger partial charge in [-0.3, -0.25) is 4.55 Å². The molecule has 0 unspecified atom stereocenters. The molecule has 0 spiro atoms. The fourth-order valence-corrected chi connectivity index (χ4v) is 2.03. The summed E-state index contributed by atoms with van der Waals surface area (Å²) in [6, 6.07) is 0. The molecule has 0 fully saturated rings. The highest BCUT2D eigenvalue weighted by molar-refractivity contribution is 8.69. The minimum Gasteiger partial charge on any atom is -0.277 e. The van der Waals surface area contributed by atoms with E-state index in [1.807, 2.05) is 6.92 Å². The van der Waals surface area contributed by atoms with Crippen LogP contribution in [0.3, 0.4) is 0 Å². The zero-order valence-electron chi connectivity index (χ0n) is 5.91. The van der Waals surface area contributed by atoms with E-state index in [9.17, 15) is 8.42 Å². The topological polar surface area (TPSA) is 54.4 Å². The number of rotatable bonds is 5. The molecule has 0 atom stereocenters. The second-order valence-electron chi connectivity index (χ2n) is 1.96. The van der Waals surface area contributed by atoms with E-state index in [4.69, 9.17) is 4.55 Å². The highest BCUT2D eigenvalue weighted by Gasteiger charge is 2.02. The van der Waals surface area contributed by atoms with Crippen LogP contribution in [-0.4, -0.2) is 18.7 Å². The molecule has 3 nitrogen and oxygen atoms in total. The van der Waals surface area contributed by atoms with E-state index in [0.29, 0.717) is 16.5 Å². The Labute approximate surface area is 65.4 Å². The van der Waals surface area contributed by atoms with Crippen LogP contribution in [-0.2, 0) is 9.15 Å². The summed E-state index contributed by atoms with van der Waals surface area (Å²) in [5, 5.41) is 0. The smallest absolute Gasteiger partial charge is 0.277 e. The Bertz CT molecular complexity index is 162. The quantitative estimate of drug-likeness (QED) is 0.401. The molecule has 0 aliphatic carbocycles. The molecule has 0 aromatic rings. The summed E-state index contributed by atoms with van der Waals surface area (Å²) in [4.78, 5) is 0. The van der Waals surface area contributed by atoms with Gasteiger partial charge in [0.2, 0.25) is 0 Å². The van der Waals surface area contributed by atoms with E-state index in [1.165, 1.54) is 0 Å². The lowest BCUT2D eigenvalue weighted by molar-refractivity contribution is 0.503. The first-order chi connectivity index (χ1) is 4.56. The minimum atomic E-state index is -3.79. The van der Waals surface area contributed by atoms with Crippen molar-refractivity contribution in [3.63, 3.8) is 0 Å². The minimum absolute atomic E-state index is 0.493. The fourth-order valence-electron chi connectivity index (χ4n) is 0.516. The third-order valence-electron chi connectivity index (χ3n) is 0.980. The van der Waals surface area contributed by atoms with Crippen LogP contribution < -0.4 is 0 Å². The lowest BCUT2D eigenvalue weighted by Crippen LogP contribution is -1.91. The highest BCUT2D eigenvalue weighted by atomic mass is 33.1. The van der Waals surface area contributed by atoms with Crippen molar-refractivity contribution in [3.8, 4) is 0 Å². The molecule has 0 amide bonds. The van der Waals surface area contributed by atoms with Crippen molar-refractivity contribution in [2.45, 2.75) is 26.2 Å². The second-order valence-corrected chi connectivity index (χ2v) is 5.43. The molecule has 1 N–H and O–H groups in total. The molecule has 62 valence electrons. The number of unbranched alkanes of at least 4 members (excludes halogenated alkanes) is 2. The fraction of sp³-hybridized carbons (Fsp3) is 1.00. The van der Waals surface area contributed by atoms with Crippen LogP contribution in [0.1, 0.15) is 26.2 Å². The van der Waals surface area contributed by atoms with Gasteiger partial charge in [0.25, 0.3) is 0 Å². The van der Waals surface area contributed by atoms with Gasteiger partial charge in [-0.25, -0.2) is 0 Å². The Morgan fingerprint density at radius 2 is 2.00 bits per heavy atom. The monoisotopic (exact) mass is 184 g/mol. The van der Waals surface area contributed by atoms with Crippen molar-refractivity contribution < 1.29 is 13.0 Å². The lowest BCUT2D eigenvalue weighted by atomic mass is 10.3. The normalized spacial score (nSPS) is 11.8. The van der Waals surface area contributed by atoms with Gasteiger partial charge in [0.05, 0.1) is 0 Å². The van der Waals surface area contributed by atoms with Crippen LogP contribution in [0.5, 0.6) is 0 Å². The molecular weight excluding hydrogens is 172 g/mol. The van der Waals surface area contributed by atoms with E-state index < -0.39 is 9.15 Å². The molecule has 0 rings (SSSR count). The van der Waals surface area contributed by atoms with Crippen LogP contribution in [0.25, 0.3) is 0 Å². The first-order valence-electron chi connectivity index (χ1n) is 3.18. The Hall–Kier alpha value is 0.260. The summed E-state index contributed by atoms with van der Waals surface area (Å²) in [7, 11) is -3.19. The Kier molecular flexibility index (Phi) is 5.11. The summed E-state index contributed by atoms with van der Waals surface area (Å²) in [6.45, 7) is 2.04. The van der Waals surface area contributed by atoms with Crippen molar-refractivity contribution in [1.29, 1.82) is 0 Å². The van der Waals surface area contributed by atoms with Gasteiger partial charge in [-0.15, -0.1) is 0 Å². The maximum atomic E-state index is 10.1. The van der Waals surface area contributed by atoms with Crippen LogP contribution in [0, 0.1) is 0 Å². The molecule has 0 radical (unpaired) electrons. The first-order valence-corrected chi connectivity index (χ1v) is 6.12. The predicted molar refractivity (Wildman–Crippen MR) is 43.5 cm³/mol. The molecule has 0 aliphatic rings. The number of hydrogen-bond donors (Lipinski definition) is 1. The maximum absolute atomic E-state index is 10.1. The SMILES string of the molecule is CCCCCSS(=O)(=O)O. The molecule has 0 bridgehead atoms. The molecule has 5 heteroatoms. The molecule has 0 aliphatic heterocycles. The van der Waals surface area contributed by atoms with Crippen molar-refractivity contribution >= 4 is 19.9 Å². The molecule has 0 aromatic carbocycles. The summed E-state index contributed by atoms with van der Waals surface area (Å²) < 4.78 is 28.5. The van der Waals surface area contributed by atoms with Gasteiger partial charge in [0.15, 0.2) is 0 Å². The Balaban J connectivity index is 3.21. The van der Waals surface area contributed by atoms with Gasteiger partial charge < -0.3 is 0 Å². The van der Waals surface area contributed by atoms with Gasteiger partial charge in [-0.05, 0) is 17.2 Å². The average Bonchev–Trinajstić information content (AvgIpc) is 1.78. The molecule has 0 heterocycles. The van der Waals surface area contributed by atoms with E-state index in [0.717, 1.165) is 19.3 Å². The summed E-state index contributed by atoms with van der Waals surface area (Å²) in [5.41, 5.74) is 0. The van der Waals surface area contributed by atoms with E-state index in [-0.39, 0.29) is 0 Å². The third-order valence-corrected chi connectivity index (χ3v) is 3.13. The summed E-state index contributed by atoms with van der Waals surface area (Å²) >= 11 is 0. The molecule has 0 aromatic heterocycles. The lowest BCUT2D eigenvalue weighted by Gasteiger charge is -1.94. The average molecular weight is 184 g/mol. The van der Waals surface area contributed by atoms with Gasteiger partial charge >= 0.3 is 9.15 Å².